The topological polar surface area (TPSA) is 40.5 Å². The molecule has 0 aliphatic carbocycles. The highest BCUT2D eigenvalue weighted by atomic mass is 79.9. The second-order valence-electron chi connectivity index (χ2n) is 8.01. The molecule has 39 heavy (non-hydrogen) atoms. The van der Waals surface area contributed by atoms with Gasteiger partial charge in [0.15, 0.2) is 23.3 Å². The van der Waals surface area contributed by atoms with Gasteiger partial charge < -0.3 is 10.0 Å². The van der Waals surface area contributed by atoms with Crippen molar-refractivity contribution in [3.05, 3.63) is 147 Å². The molecule has 0 fully saturated rings. The van der Waals surface area contributed by atoms with Gasteiger partial charge in [0.1, 0.15) is 0 Å². The molecule has 0 aliphatic rings. The third-order valence-corrected chi connectivity index (χ3v) is 7.14. The van der Waals surface area contributed by atoms with Gasteiger partial charge in [-0.3, -0.25) is 0 Å². The van der Waals surface area contributed by atoms with Gasteiger partial charge in [0.25, 0.3) is 0 Å². The molecule has 2 N–H and O–H groups in total. The molecular weight excluding hydrogens is 639 g/mol. The first kappa shape index (κ1) is 30.3. The van der Waals surface area contributed by atoms with Crippen LogP contribution in [0.5, 0.6) is 0 Å². The highest BCUT2D eigenvalue weighted by Crippen LogP contribution is 2.33. The molecule has 0 aliphatic heterocycles. The lowest BCUT2D eigenvalue weighted by molar-refractivity contribution is 0.426. The van der Waals surface area contributed by atoms with Crippen LogP contribution in [0, 0.1) is 23.3 Å². The second kappa shape index (κ2) is 14.8. The van der Waals surface area contributed by atoms with Crippen LogP contribution in [0.15, 0.2) is 124 Å². The number of halogens is 6. The van der Waals surface area contributed by atoms with Crippen LogP contribution < -0.4 is 5.46 Å². The van der Waals surface area contributed by atoms with Gasteiger partial charge in [-0.25, -0.2) is 17.6 Å². The van der Waals surface area contributed by atoms with Crippen molar-refractivity contribution in [2.45, 2.75) is 0 Å². The lowest BCUT2D eigenvalue weighted by Gasteiger charge is -2.11. The minimum absolute atomic E-state index is 0.506. The first-order chi connectivity index (χ1) is 18.7. The Hall–Kier alpha value is -3.24. The molecule has 5 aromatic carbocycles. The van der Waals surface area contributed by atoms with Crippen molar-refractivity contribution in [3.8, 4) is 22.3 Å². The Morgan fingerprint density at radius 3 is 1.08 bits per heavy atom. The van der Waals surface area contributed by atoms with Crippen LogP contribution in [0.3, 0.4) is 0 Å². The SMILES string of the molecule is Fc1cc(-c2ccccc2)c(-c2ccccc2)cc1F.Fc1cc(Br)c(Br)cc1F.OB(O)c1ccccc1. The first-order valence-electron chi connectivity index (χ1n) is 11.5. The molecule has 0 saturated heterocycles. The van der Waals surface area contributed by atoms with Crippen LogP contribution in [0.25, 0.3) is 22.3 Å². The summed E-state index contributed by atoms with van der Waals surface area (Å²) >= 11 is 6.05. The Bertz CT molecular complexity index is 1380. The first-order valence-corrected chi connectivity index (χ1v) is 13.1. The fourth-order valence-corrected chi connectivity index (χ4v) is 4.01. The molecule has 198 valence electrons. The van der Waals surface area contributed by atoms with E-state index in [0.29, 0.717) is 25.5 Å². The standard InChI is InChI=1S/C18H12F2.C6H7BO2.C6H2Br2F2/c19-17-11-15(13-7-3-1-4-8-13)16(12-18(17)20)14-9-5-2-6-10-14;8-7(9)6-4-2-1-3-5-6;7-3-1-5(9)6(10)2-4(3)8/h1-12H;1-5,8-9H;1-2H. The van der Waals surface area contributed by atoms with E-state index in [0.717, 1.165) is 23.3 Å². The Kier molecular flexibility index (Phi) is 11.5. The predicted octanol–water partition coefficient (Wildman–Crippen LogP) is 8.16. The Morgan fingerprint density at radius 2 is 0.769 bits per heavy atom. The summed E-state index contributed by atoms with van der Waals surface area (Å²) in [6.45, 7) is 0. The lowest BCUT2D eigenvalue weighted by atomic mass is 9.81. The lowest BCUT2D eigenvalue weighted by Crippen LogP contribution is -2.29. The van der Waals surface area contributed by atoms with Crippen molar-refractivity contribution < 1.29 is 27.6 Å². The molecule has 0 aromatic heterocycles. The van der Waals surface area contributed by atoms with Gasteiger partial charge in [0, 0.05) is 8.95 Å². The summed E-state index contributed by atoms with van der Waals surface area (Å²) in [5.74, 6) is -3.36. The number of hydrogen-bond acceptors (Lipinski definition) is 2. The van der Waals surface area contributed by atoms with Gasteiger partial charge in [-0.1, -0.05) is 91.0 Å². The van der Waals surface area contributed by atoms with Crippen molar-refractivity contribution >= 4 is 44.4 Å². The molecule has 0 heterocycles. The van der Waals surface area contributed by atoms with E-state index in [1.54, 1.807) is 24.3 Å². The maximum atomic E-state index is 13.6. The van der Waals surface area contributed by atoms with E-state index in [4.69, 9.17) is 10.0 Å². The van der Waals surface area contributed by atoms with E-state index in [1.165, 1.54) is 12.1 Å². The molecule has 0 saturated carbocycles. The summed E-state index contributed by atoms with van der Waals surface area (Å²) < 4.78 is 52.9. The van der Waals surface area contributed by atoms with Gasteiger partial charge in [-0.15, -0.1) is 0 Å². The average molecular weight is 660 g/mol. The Labute approximate surface area is 241 Å². The molecule has 0 unspecified atom stereocenters. The van der Waals surface area contributed by atoms with Crippen molar-refractivity contribution in [1.29, 1.82) is 0 Å². The summed E-state index contributed by atoms with van der Waals surface area (Å²) in [6.07, 6.45) is 0. The van der Waals surface area contributed by atoms with Gasteiger partial charge in [-0.2, -0.15) is 0 Å². The molecule has 9 heteroatoms. The highest BCUT2D eigenvalue weighted by molar-refractivity contribution is 9.13. The third kappa shape index (κ3) is 8.90. The molecular formula is C30H21BBr2F4O2. The van der Waals surface area contributed by atoms with Crippen molar-refractivity contribution in [1.82, 2.24) is 0 Å². The summed E-state index contributed by atoms with van der Waals surface area (Å²) in [5.41, 5.74) is 3.64. The largest absolute Gasteiger partial charge is 0.488 e. The van der Waals surface area contributed by atoms with Crippen LogP contribution in [0.2, 0.25) is 0 Å². The van der Waals surface area contributed by atoms with Gasteiger partial charge >= 0.3 is 7.12 Å². The molecule has 0 radical (unpaired) electrons. The summed E-state index contributed by atoms with van der Waals surface area (Å²) in [4.78, 5) is 0. The van der Waals surface area contributed by atoms with Crippen LogP contribution in [0.1, 0.15) is 0 Å². The zero-order valence-electron chi connectivity index (χ0n) is 20.2. The van der Waals surface area contributed by atoms with E-state index in [2.05, 4.69) is 31.9 Å². The molecule has 5 aromatic rings. The van der Waals surface area contributed by atoms with Crippen LogP contribution in [-0.4, -0.2) is 17.2 Å². The zero-order valence-corrected chi connectivity index (χ0v) is 23.4. The zero-order chi connectivity index (χ0) is 28.4. The van der Waals surface area contributed by atoms with Crippen molar-refractivity contribution in [2.75, 3.05) is 0 Å². The van der Waals surface area contributed by atoms with E-state index >= 15 is 0 Å². The Morgan fingerprint density at radius 1 is 0.462 bits per heavy atom. The molecule has 0 atom stereocenters. The summed E-state index contributed by atoms with van der Waals surface area (Å²) in [6, 6.07) is 32.2. The minimum Gasteiger partial charge on any atom is -0.423 e. The van der Waals surface area contributed by atoms with E-state index in [-0.39, 0.29) is 0 Å². The van der Waals surface area contributed by atoms with Crippen molar-refractivity contribution in [3.63, 3.8) is 0 Å². The monoisotopic (exact) mass is 658 g/mol. The Balaban J connectivity index is 0.000000185. The van der Waals surface area contributed by atoms with Gasteiger partial charge in [-0.05, 0) is 83.8 Å². The number of rotatable bonds is 3. The predicted molar refractivity (Wildman–Crippen MR) is 155 cm³/mol. The maximum absolute atomic E-state index is 13.6. The van der Waals surface area contributed by atoms with Crippen LogP contribution in [0.4, 0.5) is 17.6 Å². The van der Waals surface area contributed by atoms with E-state index < -0.39 is 30.4 Å². The molecule has 0 bridgehead atoms. The molecule has 5 rings (SSSR count). The third-order valence-electron chi connectivity index (χ3n) is 5.29. The quantitative estimate of drug-likeness (QED) is 0.117. The van der Waals surface area contributed by atoms with Gasteiger partial charge in [0.05, 0.1) is 0 Å². The fourth-order valence-electron chi connectivity index (χ4n) is 3.38. The normalized spacial score (nSPS) is 10.1. The average Bonchev–Trinajstić information content (AvgIpc) is 2.95. The fraction of sp³-hybridized carbons (Fsp3) is 0. The minimum atomic E-state index is -1.34. The van der Waals surface area contributed by atoms with Crippen LogP contribution >= 0.6 is 31.9 Å². The smallest absolute Gasteiger partial charge is 0.423 e. The molecule has 2 nitrogen and oxygen atoms in total. The van der Waals surface area contributed by atoms with E-state index in [9.17, 15) is 17.6 Å². The molecule has 0 spiro atoms. The second-order valence-corrected chi connectivity index (χ2v) is 9.72. The summed E-state index contributed by atoms with van der Waals surface area (Å²) in [7, 11) is -1.34. The maximum Gasteiger partial charge on any atom is 0.488 e. The van der Waals surface area contributed by atoms with E-state index in [1.807, 2.05) is 66.7 Å². The van der Waals surface area contributed by atoms with Crippen LogP contribution in [-0.2, 0) is 0 Å². The number of hydrogen-bond donors (Lipinski definition) is 2. The molecule has 0 amide bonds. The number of benzene rings is 5. The van der Waals surface area contributed by atoms with Crippen molar-refractivity contribution in [2.24, 2.45) is 0 Å². The summed E-state index contributed by atoms with van der Waals surface area (Å²) in [5, 5.41) is 17.2. The van der Waals surface area contributed by atoms with Gasteiger partial charge in [0.2, 0.25) is 0 Å². The highest BCUT2D eigenvalue weighted by Gasteiger charge is 2.13.